The van der Waals surface area contributed by atoms with Gasteiger partial charge in [0.2, 0.25) is 5.91 Å². The molecule has 1 aromatic heterocycles. The molecule has 1 aliphatic carbocycles. The van der Waals surface area contributed by atoms with E-state index >= 15 is 0 Å². The van der Waals surface area contributed by atoms with E-state index in [1.165, 1.54) is 24.3 Å². The molecule has 0 spiro atoms. The highest BCUT2D eigenvalue weighted by Crippen LogP contribution is 2.39. The molecule has 0 unspecified atom stereocenters. The Hall–Kier alpha value is -2.05. The summed E-state index contributed by atoms with van der Waals surface area (Å²) in [5.41, 5.74) is 0.408. The van der Waals surface area contributed by atoms with Crippen molar-refractivity contribution in [1.82, 2.24) is 5.32 Å². The molecule has 1 fully saturated rings. The van der Waals surface area contributed by atoms with Gasteiger partial charge in [-0.25, -0.2) is 4.39 Å². The number of Topliss-reactive ketones (excluding diaryl/α,β-unsaturated/α-hetero) is 1. The molecule has 0 aliphatic heterocycles. The average Bonchev–Trinajstić information content (AvgIpc) is 3.10. The van der Waals surface area contributed by atoms with E-state index in [0.717, 1.165) is 4.88 Å². The summed E-state index contributed by atoms with van der Waals surface area (Å²) >= 11 is 1.58. The molecule has 1 aromatic carbocycles. The number of aliphatic hydroxyl groups is 1. The summed E-state index contributed by atoms with van der Waals surface area (Å²) in [7, 11) is 0. The van der Waals surface area contributed by atoms with Crippen molar-refractivity contribution in [2.75, 3.05) is 0 Å². The molecule has 3 rings (SSSR count). The third kappa shape index (κ3) is 4.52. The van der Waals surface area contributed by atoms with Gasteiger partial charge in [0.1, 0.15) is 5.82 Å². The van der Waals surface area contributed by atoms with Crippen LogP contribution >= 0.6 is 11.3 Å². The van der Waals surface area contributed by atoms with E-state index in [2.05, 4.69) is 5.32 Å². The molecule has 0 bridgehead atoms. The van der Waals surface area contributed by atoms with E-state index < -0.39 is 5.82 Å². The van der Waals surface area contributed by atoms with Crippen molar-refractivity contribution in [3.63, 3.8) is 0 Å². The normalized spacial score (nSPS) is 20.6. The number of benzene rings is 1. The number of halogens is 1. The van der Waals surface area contributed by atoms with Crippen LogP contribution in [0.2, 0.25) is 0 Å². The second-order valence-electron chi connectivity index (χ2n) is 6.38. The van der Waals surface area contributed by atoms with Gasteiger partial charge in [0.15, 0.2) is 5.78 Å². The van der Waals surface area contributed by atoms with Crippen LogP contribution in [0.5, 0.6) is 0 Å². The van der Waals surface area contributed by atoms with Gasteiger partial charge >= 0.3 is 0 Å². The monoisotopic (exact) mass is 361 g/mol. The maximum atomic E-state index is 12.9. The Morgan fingerprint density at radius 1 is 1.20 bits per heavy atom. The van der Waals surface area contributed by atoms with E-state index in [1.54, 1.807) is 11.3 Å². The molecule has 132 valence electrons. The summed E-state index contributed by atoms with van der Waals surface area (Å²) < 4.78 is 12.9. The van der Waals surface area contributed by atoms with Gasteiger partial charge in [-0.1, -0.05) is 6.07 Å². The summed E-state index contributed by atoms with van der Waals surface area (Å²) in [5, 5.41) is 14.5. The van der Waals surface area contributed by atoms with Gasteiger partial charge in [0, 0.05) is 23.3 Å². The molecule has 2 aromatic rings. The van der Waals surface area contributed by atoms with Crippen molar-refractivity contribution < 1.29 is 19.1 Å². The number of ketones is 1. The molecule has 0 radical (unpaired) electrons. The number of thiophene rings is 1. The fraction of sp³-hybridized carbons (Fsp3) is 0.368. The molecule has 1 amide bonds. The minimum absolute atomic E-state index is 0.0852. The van der Waals surface area contributed by atoms with Crippen LogP contribution in [-0.2, 0) is 4.79 Å². The van der Waals surface area contributed by atoms with Crippen LogP contribution in [0.1, 0.15) is 47.0 Å². The lowest BCUT2D eigenvalue weighted by Gasteiger charge is -2.37. The summed E-state index contributed by atoms with van der Waals surface area (Å²) in [6, 6.07) is 9.14. The molecule has 1 atom stereocenters. The number of amides is 1. The largest absolute Gasteiger partial charge is 0.393 e. The molecular formula is C19H20FNO3S. The zero-order valence-corrected chi connectivity index (χ0v) is 14.5. The van der Waals surface area contributed by atoms with E-state index in [9.17, 15) is 19.1 Å². The molecule has 0 saturated heterocycles. The summed E-state index contributed by atoms with van der Waals surface area (Å²) in [6.07, 6.45) is 1.24. The van der Waals surface area contributed by atoms with E-state index in [1.807, 2.05) is 17.5 Å². The van der Waals surface area contributed by atoms with Gasteiger partial charge in [0.05, 0.1) is 12.1 Å². The highest BCUT2D eigenvalue weighted by atomic mass is 32.1. The molecule has 25 heavy (non-hydrogen) atoms. The summed E-state index contributed by atoms with van der Waals surface area (Å²) in [5.74, 6) is -0.529. The predicted molar refractivity (Wildman–Crippen MR) is 93.9 cm³/mol. The van der Waals surface area contributed by atoms with Crippen molar-refractivity contribution in [2.45, 2.75) is 37.8 Å². The first-order chi connectivity index (χ1) is 12.0. The van der Waals surface area contributed by atoms with Crippen LogP contribution in [0.3, 0.4) is 0 Å². The molecule has 2 N–H and O–H groups in total. The second-order valence-corrected chi connectivity index (χ2v) is 7.36. The Morgan fingerprint density at radius 2 is 1.92 bits per heavy atom. The Kier molecular flexibility index (Phi) is 5.60. The van der Waals surface area contributed by atoms with Crippen molar-refractivity contribution in [3.8, 4) is 0 Å². The molecular weight excluding hydrogens is 341 g/mol. The SMILES string of the molecule is O=C(CCC(=O)c1ccc(F)cc1)N[C@@H](c1cccs1)C1CC(O)C1. The van der Waals surface area contributed by atoms with Crippen LogP contribution in [0.15, 0.2) is 41.8 Å². The third-order valence-electron chi connectivity index (χ3n) is 4.53. The number of carbonyl (C=O) groups excluding carboxylic acids is 2. The van der Waals surface area contributed by atoms with Gasteiger partial charge < -0.3 is 10.4 Å². The van der Waals surface area contributed by atoms with Crippen LogP contribution < -0.4 is 5.32 Å². The molecule has 1 heterocycles. The topological polar surface area (TPSA) is 66.4 Å². The Bertz CT molecular complexity index is 724. The van der Waals surface area contributed by atoms with Gasteiger partial charge in [-0.3, -0.25) is 9.59 Å². The molecule has 1 aliphatic rings. The first kappa shape index (κ1) is 17.8. The first-order valence-electron chi connectivity index (χ1n) is 8.32. The van der Waals surface area contributed by atoms with Crippen molar-refractivity contribution >= 4 is 23.0 Å². The zero-order valence-electron chi connectivity index (χ0n) is 13.7. The summed E-state index contributed by atoms with van der Waals surface area (Å²) in [4.78, 5) is 25.4. The number of hydrogen-bond acceptors (Lipinski definition) is 4. The number of hydrogen-bond donors (Lipinski definition) is 2. The van der Waals surface area contributed by atoms with Crippen LogP contribution in [0.25, 0.3) is 0 Å². The Balaban J connectivity index is 1.55. The maximum absolute atomic E-state index is 12.9. The first-order valence-corrected chi connectivity index (χ1v) is 9.20. The molecule has 4 nitrogen and oxygen atoms in total. The Morgan fingerprint density at radius 3 is 2.52 bits per heavy atom. The number of rotatable bonds is 7. The quantitative estimate of drug-likeness (QED) is 0.742. The highest BCUT2D eigenvalue weighted by molar-refractivity contribution is 7.10. The number of aliphatic hydroxyl groups excluding tert-OH is 1. The van der Waals surface area contributed by atoms with E-state index in [-0.39, 0.29) is 42.6 Å². The lowest BCUT2D eigenvalue weighted by atomic mass is 9.76. The van der Waals surface area contributed by atoms with Crippen LogP contribution in [0, 0.1) is 11.7 Å². The standard InChI is InChI=1S/C19H20FNO3S/c20-14-5-3-12(4-6-14)16(23)7-8-18(24)21-19(13-10-15(22)11-13)17-2-1-9-25-17/h1-6,9,13,15,19,22H,7-8,10-11H2,(H,21,24)/t13?,15?,19-/m1/s1. The number of carbonyl (C=O) groups is 2. The van der Waals surface area contributed by atoms with Gasteiger partial charge in [-0.05, 0) is 54.5 Å². The minimum Gasteiger partial charge on any atom is -0.393 e. The highest BCUT2D eigenvalue weighted by Gasteiger charge is 2.36. The molecule has 6 heteroatoms. The minimum atomic E-state index is -0.393. The fourth-order valence-corrected chi connectivity index (χ4v) is 3.91. The predicted octanol–water partition coefficient (Wildman–Crippen LogP) is 3.48. The summed E-state index contributed by atoms with van der Waals surface area (Å²) in [6.45, 7) is 0. The van der Waals surface area contributed by atoms with Gasteiger partial charge in [-0.2, -0.15) is 0 Å². The van der Waals surface area contributed by atoms with Crippen molar-refractivity contribution in [3.05, 3.63) is 58.0 Å². The van der Waals surface area contributed by atoms with Gasteiger partial charge in [0.25, 0.3) is 0 Å². The number of nitrogens with one attached hydrogen (secondary N) is 1. The zero-order chi connectivity index (χ0) is 17.8. The van der Waals surface area contributed by atoms with Crippen molar-refractivity contribution in [1.29, 1.82) is 0 Å². The average molecular weight is 361 g/mol. The smallest absolute Gasteiger partial charge is 0.220 e. The van der Waals surface area contributed by atoms with Crippen molar-refractivity contribution in [2.24, 2.45) is 5.92 Å². The third-order valence-corrected chi connectivity index (χ3v) is 5.49. The Labute approximate surface area is 149 Å². The second kappa shape index (κ2) is 7.89. The molecule has 1 saturated carbocycles. The lowest BCUT2D eigenvalue weighted by Crippen LogP contribution is -2.41. The van der Waals surface area contributed by atoms with Crippen LogP contribution in [-0.4, -0.2) is 22.9 Å². The fourth-order valence-electron chi connectivity index (χ4n) is 3.04. The lowest BCUT2D eigenvalue weighted by molar-refractivity contribution is -0.123. The van der Waals surface area contributed by atoms with Gasteiger partial charge in [-0.15, -0.1) is 11.3 Å². The van der Waals surface area contributed by atoms with E-state index in [0.29, 0.717) is 18.4 Å². The van der Waals surface area contributed by atoms with Crippen LogP contribution in [0.4, 0.5) is 4.39 Å². The maximum Gasteiger partial charge on any atom is 0.220 e. The van der Waals surface area contributed by atoms with E-state index in [4.69, 9.17) is 0 Å².